The van der Waals surface area contributed by atoms with Gasteiger partial charge in [-0.1, -0.05) is 26.0 Å². The van der Waals surface area contributed by atoms with E-state index in [1.54, 1.807) is 6.92 Å². The Balaban J connectivity index is 3.18. The van der Waals surface area contributed by atoms with Gasteiger partial charge in [-0.2, -0.15) is 0 Å². The van der Waals surface area contributed by atoms with Crippen LogP contribution in [-0.2, 0) is 16.7 Å². The molecule has 1 aromatic heterocycles. The first kappa shape index (κ1) is 13.6. The number of ether oxygens (including phenoxy) is 1. The number of halogens is 1. The minimum atomic E-state index is -0.547. The van der Waals surface area contributed by atoms with E-state index in [9.17, 15) is 9.18 Å². The first-order valence-corrected chi connectivity index (χ1v) is 5.58. The summed E-state index contributed by atoms with van der Waals surface area (Å²) in [6.45, 7) is 7.31. The van der Waals surface area contributed by atoms with Crippen molar-refractivity contribution in [3.8, 4) is 0 Å². The van der Waals surface area contributed by atoms with Crippen molar-refractivity contribution >= 4 is 5.97 Å². The van der Waals surface area contributed by atoms with Gasteiger partial charge >= 0.3 is 5.97 Å². The molecule has 5 nitrogen and oxygen atoms in total. The number of carbonyl (C=O) groups is 1. The molecule has 17 heavy (non-hydrogen) atoms. The van der Waals surface area contributed by atoms with Gasteiger partial charge in [0.1, 0.15) is 6.67 Å². The van der Waals surface area contributed by atoms with E-state index in [1.165, 1.54) is 4.68 Å². The van der Waals surface area contributed by atoms with Gasteiger partial charge in [-0.3, -0.25) is 0 Å². The van der Waals surface area contributed by atoms with Crippen molar-refractivity contribution in [2.75, 3.05) is 13.3 Å². The number of hydrogen-bond acceptors (Lipinski definition) is 4. The smallest absolute Gasteiger partial charge is 0.360 e. The van der Waals surface area contributed by atoms with Gasteiger partial charge in [-0.15, -0.1) is 5.10 Å². The molecule has 0 amide bonds. The van der Waals surface area contributed by atoms with Crippen molar-refractivity contribution in [3.05, 3.63) is 11.4 Å². The van der Waals surface area contributed by atoms with Crippen LogP contribution in [0.1, 0.15) is 43.9 Å². The molecular weight excluding hydrogens is 225 g/mol. The lowest BCUT2D eigenvalue weighted by Crippen LogP contribution is -2.23. The molecule has 1 rings (SSSR count). The zero-order chi connectivity index (χ0) is 13.1. The van der Waals surface area contributed by atoms with E-state index in [0.29, 0.717) is 5.69 Å². The summed E-state index contributed by atoms with van der Waals surface area (Å²) in [6.07, 6.45) is 0. The van der Waals surface area contributed by atoms with Crippen molar-refractivity contribution in [1.82, 2.24) is 15.0 Å². The predicted octanol–water partition coefficient (Wildman–Crippen LogP) is 1.72. The lowest BCUT2D eigenvalue weighted by molar-refractivity contribution is 0.0516. The van der Waals surface area contributed by atoms with E-state index in [0.717, 1.165) is 0 Å². The second-order valence-corrected chi connectivity index (χ2v) is 4.67. The zero-order valence-corrected chi connectivity index (χ0v) is 10.7. The summed E-state index contributed by atoms with van der Waals surface area (Å²) in [6, 6.07) is 0. The third kappa shape index (κ3) is 3.01. The number of aromatic nitrogens is 3. The Morgan fingerprint density at radius 3 is 2.59 bits per heavy atom. The maximum Gasteiger partial charge on any atom is 0.360 e. The standard InChI is InChI=1S/C11H18FN3O2/c1-5-17-10(16)8-9(11(2,3)4)15(7-6-12)14-13-8/h5-7H2,1-4H3. The number of carbonyl (C=O) groups excluding carboxylic acids is 1. The van der Waals surface area contributed by atoms with Gasteiger partial charge in [-0.05, 0) is 6.92 Å². The molecule has 0 aliphatic rings. The maximum atomic E-state index is 12.4. The van der Waals surface area contributed by atoms with Gasteiger partial charge in [0.25, 0.3) is 0 Å². The van der Waals surface area contributed by atoms with Crippen molar-refractivity contribution in [2.45, 2.75) is 39.7 Å². The summed E-state index contributed by atoms with van der Waals surface area (Å²) in [5.41, 5.74) is 0.433. The lowest BCUT2D eigenvalue weighted by Gasteiger charge is -2.20. The summed E-state index contributed by atoms with van der Waals surface area (Å²) in [5, 5.41) is 7.59. The highest BCUT2D eigenvalue weighted by molar-refractivity contribution is 5.88. The third-order valence-corrected chi connectivity index (χ3v) is 2.21. The fraction of sp³-hybridized carbons (Fsp3) is 0.727. The second-order valence-electron chi connectivity index (χ2n) is 4.67. The summed E-state index contributed by atoms with van der Waals surface area (Å²) in [4.78, 5) is 11.7. The summed E-state index contributed by atoms with van der Waals surface area (Å²) in [7, 11) is 0. The number of esters is 1. The minimum Gasteiger partial charge on any atom is -0.461 e. The van der Waals surface area contributed by atoms with Crippen LogP contribution in [0.4, 0.5) is 4.39 Å². The quantitative estimate of drug-likeness (QED) is 0.755. The number of nitrogens with zero attached hydrogens (tertiary/aromatic N) is 3. The molecule has 0 atom stereocenters. The topological polar surface area (TPSA) is 57.0 Å². The minimum absolute atomic E-state index is 0.0962. The molecule has 0 aliphatic carbocycles. The highest BCUT2D eigenvalue weighted by atomic mass is 19.1. The van der Waals surface area contributed by atoms with Crippen LogP contribution in [-0.4, -0.2) is 34.2 Å². The van der Waals surface area contributed by atoms with Crippen LogP contribution in [0, 0.1) is 0 Å². The fourth-order valence-electron chi connectivity index (χ4n) is 1.63. The molecule has 1 heterocycles. The van der Waals surface area contributed by atoms with Crippen LogP contribution < -0.4 is 0 Å². The third-order valence-electron chi connectivity index (χ3n) is 2.21. The van der Waals surface area contributed by atoms with Gasteiger partial charge in [0.05, 0.1) is 18.8 Å². The fourth-order valence-corrected chi connectivity index (χ4v) is 1.63. The van der Waals surface area contributed by atoms with E-state index >= 15 is 0 Å². The first-order chi connectivity index (χ1) is 7.91. The Kier molecular flexibility index (Phi) is 4.20. The normalized spacial score (nSPS) is 11.6. The molecule has 0 fully saturated rings. The molecule has 6 heteroatoms. The summed E-state index contributed by atoms with van der Waals surface area (Å²) in [5.74, 6) is -0.512. The Labute approximate surface area is 100.0 Å². The molecular formula is C11H18FN3O2. The molecule has 1 aromatic rings. The van der Waals surface area contributed by atoms with Gasteiger partial charge in [0.15, 0.2) is 5.69 Å². The van der Waals surface area contributed by atoms with E-state index < -0.39 is 12.6 Å². The van der Waals surface area contributed by atoms with Gasteiger partial charge in [0, 0.05) is 5.41 Å². The molecule has 0 aromatic carbocycles. The Hall–Kier alpha value is -1.46. The van der Waals surface area contributed by atoms with Crippen LogP contribution in [0.15, 0.2) is 0 Å². The van der Waals surface area contributed by atoms with E-state index in [4.69, 9.17) is 4.74 Å². The Morgan fingerprint density at radius 1 is 1.47 bits per heavy atom. The van der Waals surface area contributed by atoms with Crippen molar-refractivity contribution in [1.29, 1.82) is 0 Å². The largest absolute Gasteiger partial charge is 0.461 e. The Bertz CT molecular complexity index is 396. The highest BCUT2D eigenvalue weighted by Gasteiger charge is 2.29. The van der Waals surface area contributed by atoms with Crippen LogP contribution in [0.25, 0.3) is 0 Å². The van der Waals surface area contributed by atoms with Crippen LogP contribution in [0.5, 0.6) is 0 Å². The van der Waals surface area contributed by atoms with Crippen LogP contribution >= 0.6 is 0 Å². The number of alkyl halides is 1. The molecule has 0 radical (unpaired) electrons. The number of aryl methyl sites for hydroxylation is 1. The molecule has 0 unspecified atom stereocenters. The number of rotatable bonds is 4. The second kappa shape index (κ2) is 5.25. The molecule has 96 valence electrons. The summed E-state index contributed by atoms with van der Waals surface area (Å²) >= 11 is 0. The van der Waals surface area contributed by atoms with Crippen molar-refractivity contribution < 1.29 is 13.9 Å². The SMILES string of the molecule is CCOC(=O)c1nnn(CCF)c1C(C)(C)C. The number of hydrogen-bond donors (Lipinski definition) is 0. The van der Waals surface area contributed by atoms with Crippen LogP contribution in [0.3, 0.4) is 0 Å². The molecule has 0 bridgehead atoms. The molecule has 0 spiro atoms. The zero-order valence-electron chi connectivity index (χ0n) is 10.7. The maximum absolute atomic E-state index is 12.4. The van der Waals surface area contributed by atoms with Crippen molar-refractivity contribution in [2.24, 2.45) is 0 Å². The average Bonchev–Trinajstić information content (AvgIpc) is 2.62. The van der Waals surface area contributed by atoms with Gasteiger partial charge in [0.2, 0.25) is 0 Å². The van der Waals surface area contributed by atoms with E-state index in [1.807, 2.05) is 20.8 Å². The van der Waals surface area contributed by atoms with Gasteiger partial charge in [-0.25, -0.2) is 13.9 Å². The molecule has 0 N–H and O–H groups in total. The summed E-state index contributed by atoms with van der Waals surface area (Å²) < 4.78 is 18.7. The van der Waals surface area contributed by atoms with E-state index in [-0.39, 0.29) is 24.3 Å². The molecule has 0 saturated heterocycles. The molecule has 0 aliphatic heterocycles. The van der Waals surface area contributed by atoms with Crippen LogP contribution in [0.2, 0.25) is 0 Å². The average molecular weight is 243 g/mol. The predicted molar refractivity (Wildman–Crippen MR) is 60.7 cm³/mol. The van der Waals surface area contributed by atoms with Gasteiger partial charge < -0.3 is 4.74 Å². The highest BCUT2D eigenvalue weighted by Crippen LogP contribution is 2.25. The Morgan fingerprint density at radius 2 is 2.12 bits per heavy atom. The lowest BCUT2D eigenvalue weighted by atomic mass is 9.90. The molecule has 0 saturated carbocycles. The first-order valence-electron chi connectivity index (χ1n) is 5.58. The van der Waals surface area contributed by atoms with E-state index in [2.05, 4.69) is 10.3 Å². The monoisotopic (exact) mass is 243 g/mol. The van der Waals surface area contributed by atoms with Crippen molar-refractivity contribution in [3.63, 3.8) is 0 Å².